The van der Waals surface area contributed by atoms with Crippen LogP contribution in [0.25, 0.3) is 11.1 Å². The van der Waals surface area contributed by atoms with Crippen LogP contribution in [0.1, 0.15) is 101 Å². The molecule has 0 aliphatic heterocycles. The molecule has 0 spiro atoms. The number of unbranched alkanes of at least 4 members (excludes halogenated alkanes) is 4. The van der Waals surface area contributed by atoms with Crippen molar-refractivity contribution in [2.75, 3.05) is 28.4 Å². The smallest absolute Gasteiger partial charge is 0.306 e. The Labute approximate surface area is 284 Å². The molecule has 0 aromatic heterocycles. The number of benzene rings is 1. The molecule has 4 saturated carbocycles. The fourth-order valence-electron chi connectivity index (χ4n) is 9.25. The molecule has 1 N–H and O–H groups in total. The molecule has 2 aromatic rings. The Bertz CT molecular complexity index is 1530. The molecular formula is C39H51NO8. The van der Waals surface area contributed by atoms with E-state index in [2.05, 4.69) is 5.32 Å². The van der Waals surface area contributed by atoms with Crippen molar-refractivity contribution in [3.8, 4) is 34.1 Å². The molecule has 4 bridgehead atoms. The van der Waals surface area contributed by atoms with E-state index in [1.165, 1.54) is 39.2 Å². The van der Waals surface area contributed by atoms with Crippen LogP contribution in [0.15, 0.2) is 29.1 Å². The number of amides is 1. The molecule has 4 fully saturated rings. The lowest BCUT2D eigenvalue weighted by Gasteiger charge is -2.53. The van der Waals surface area contributed by atoms with Crippen molar-refractivity contribution in [2.24, 2.45) is 23.7 Å². The summed E-state index contributed by atoms with van der Waals surface area (Å²) in [6.45, 7) is 0. The number of ether oxygens (including phenoxy) is 5. The van der Waals surface area contributed by atoms with E-state index in [0.717, 1.165) is 60.6 Å². The predicted octanol–water partition coefficient (Wildman–Crippen LogP) is 6.95. The van der Waals surface area contributed by atoms with Crippen LogP contribution in [-0.4, -0.2) is 46.4 Å². The summed E-state index contributed by atoms with van der Waals surface area (Å²) >= 11 is 0. The number of methoxy groups -OCH3 is 4. The van der Waals surface area contributed by atoms with Crippen LogP contribution >= 0.6 is 0 Å². The van der Waals surface area contributed by atoms with Gasteiger partial charge in [-0.1, -0.05) is 25.3 Å². The first-order valence-corrected chi connectivity index (χ1v) is 17.9. The number of esters is 1. The summed E-state index contributed by atoms with van der Waals surface area (Å²) in [4.78, 5) is 39.0. The molecule has 0 radical (unpaired) electrons. The van der Waals surface area contributed by atoms with Gasteiger partial charge in [0.1, 0.15) is 6.10 Å². The maximum Gasteiger partial charge on any atom is 0.306 e. The van der Waals surface area contributed by atoms with Crippen LogP contribution in [0, 0.1) is 23.7 Å². The van der Waals surface area contributed by atoms with Crippen molar-refractivity contribution in [1.82, 2.24) is 5.32 Å². The van der Waals surface area contributed by atoms with Crippen molar-refractivity contribution in [3.05, 3.63) is 45.6 Å². The van der Waals surface area contributed by atoms with Crippen LogP contribution in [0.2, 0.25) is 0 Å². The van der Waals surface area contributed by atoms with Crippen LogP contribution in [0.5, 0.6) is 23.0 Å². The topological polar surface area (TPSA) is 109 Å². The minimum absolute atomic E-state index is 0.0283. The van der Waals surface area contributed by atoms with E-state index < -0.39 is 0 Å². The lowest BCUT2D eigenvalue weighted by atomic mass is 9.55. The van der Waals surface area contributed by atoms with Crippen LogP contribution in [0.3, 0.4) is 0 Å². The zero-order valence-corrected chi connectivity index (χ0v) is 28.9. The second-order valence-electron chi connectivity index (χ2n) is 14.3. The number of aryl methyl sites for hydroxylation is 1. The fourth-order valence-corrected chi connectivity index (χ4v) is 9.25. The van der Waals surface area contributed by atoms with Gasteiger partial charge in [0.05, 0.1) is 34.5 Å². The maximum atomic E-state index is 13.2. The minimum Gasteiger partial charge on any atom is -0.493 e. The molecule has 260 valence electrons. The van der Waals surface area contributed by atoms with Crippen molar-refractivity contribution in [1.29, 1.82) is 0 Å². The second-order valence-corrected chi connectivity index (χ2v) is 14.3. The lowest BCUT2D eigenvalue weighted by molar-refractivity contribution is -0.170. The number of hydrogen-bond donors (Lipinski definition) is 1. The van der Waals surface area contributed by atoms with E-state index in [1.807, 2.05) is 12.1 Å². The first-order chi connectivity index (χ1) is 23.3. The van der Waals surface area contributed by atoms with Crippen molar-refractivity contribution < 1.29 is 33.3 Å². The van der Waals surface area contributed by atoms with Gasteiger partial charge in [-0.2, -0.15) is 0 Å². The molecule has 0 heterocycles. The van der Waals surface area contributed by atoms with E-state index in [9.17, 15) is 14.4 Å². The summed E-state index contributed by atoms with van der Waals surface area (Å²) in [5, 5.41) is 3.22. The monoisotopic (exact) mass is 661 g/mol. The fraction of sp³-hybridized carbons (Fsp3) is 0.615. The molecule has 9 heteroatoms. The largest absolute Gasteiger partial charge is 0.493 e. The number of hydrogen-bond acceptors (Lipinski definition) is 8. The predicted molar refractivity (Wildman–Crippen MR) is 183 cm³/mol. The van der Waals surface area contributed by atoms with Gasteiger partial charge in [-0.3, -0.25) is 14.4 Å². The summed E-state index contributed by atoms with van der Waals surface area (Å²) in [6.07, 6.45) is 13.1. The molecule has 2 aromatic carbocycles. The summed E-state index contributed by atoms with van der Waals surface area (Å²) in [5.74, 6) is 4.62. The van der Waals surface area contributed by atoms with E-state index >= 15 is 0 Å². The van der Waals surface area contributed by atoms with Gasteiger partial charge in [-0.05, 0) is 116 Å². The standard InChI is InChI=1S/C39H51NO8/c1-44-32-15-13-28-29(22-31(32)41)30(14-12-25-21-33(45-2)38(46-3)39(47-4)36(25)28)40-34(42)10-8-6-5-7-9-11-35(43)48-37-26-17-23-16-24(19-26)20-27(37)18-23/h13,15,21-24,26-27,30,37H,5-12,14,16-20H2,1-4H3,(H,40,42)/t23?,24?,26?,27?,30-,37?/m0/s1. The molecular weight excluding hydrogens is 610 g/mol. The Kier molecular flexibility index (Phi) is 10.8. The first kappa shape index (κ1) is 34.1. The Morgan fingerprint density at radius 3 is 2.04 bits per heavy atom. The van der Waals surface area contributed by atoms with Crippen LogP contribution in [-0.2, 0) is 20.7 Å². The number of nitrogens with one attached hydrogen (secondary N) is 1. The van der Waals surface area contributed by atoms with Crippen molar-refractivity contribution in [2.45, 2.75) is 102 Å². The maximum absolute atomic E-state index is 13.2. The third-order valence-corrected chi connectivity index (χ3v) is 11.2. The van der Waals surface area contributed by atoms with Gasteiger partial charge >= 0.3 is 5.97 Å². The van der Waals surface area contributed by atoms with Crippen molar-refractivity contribution in [3.63, 3.8) is 0 Å². The van der Waals surface area contributed by atoms with E-state index in [1.54, 1.807) is 33.5 Å². The van der Waals surface area contributed by atoms with Crippen molar-refractivity contribution >= 4 is 11.9 Å². The molecule has 1 atom stereocenters. The number of carbonyl (C=O) groups is 2. The third-order valence-electron chi connectivity index (χ3n) is 11.2. The summed E-state index contributed by atoms with van der Waals surface area (Å²) < 4.78 is 28.5. The lowest BCUT2D eigenvalue weighted by Crippen LogP contribution is -2.50. The van der Waals surface area contributed by atoms with E-state index in [-0.39, 0.29) is 35.2 Å². The molecule has 5 aliphatic rings. The highest BCUT2D eigenvalue weighted by Gasteiger charge is 2.49. The van der Waals surface area contributed by atoms with E-state index in [0.29, 0.717) is 60.3 Å². The number of fused-ring (bicyclic) bond motifs is 3. The number of carbonyl (C=O) groups excluding carboxylic acids is 2. The Balaban J connectivity index is 1.02. The highest BCUT2D eigenvalue weighted by atomic mass is 16.5. The van der Waals surface area contributed by atoms with Gasteiger partial charge < -0.3 is 29.0 Å². The van der Waals surface area contributed by atoms with Crippen LogP contribution < -0.4 is 29.7 Å². The molecule has 7 rings (SSSR count). The normalized spacial score (nSPS) is 24.9. The zero-order chi connectivity index (χ0) is 33.8. The van der Waals surface area contributed by atoms with Gasteiger partial charge in [0.15, 0.2) is 17.2 Å². The first-order valence-electron chi connectivity index (χ1n) is 17.9. The minimum atomic E-state index is -0.383. The van der Waals surface area contributed by atoms with Gasteiger partial charge in [0.25, 0.3) is 0 Å². The van der Waals surface area contributed by atoms with Gasteiger partial charge in [0, 0.05) is 18.4 Å². The average Bonchev–Trinajstić information content (AvgIpc) is 3.32. The molecule has 9 nitrogen and oxygen atoms in total. The summed E-state index contributed by atoms with van der Waals surface area (Å²) in [5.41, 5.74) is 3.00. The molecule has 0 saturated heterocycles. The highest BCUT2D eigenvalue weighted by Crippen LogP contribution is 2.55. The Morgan fingerprint density at radius 1 is 0.750 bits per heavy atom. The SMILES string of the molecule is COc1cc2c(c(OC)c1OC)-c1ccc(OC)c(=O)cc1[C@@H](NC(=O)CCCCCCCC(=O)OC1C3CC4CC(C3)CC1C4)CC2. The van der Waals surface area contributed by atoms with Gasteiger partial charge in [-0.25, -0.2) is 0 Å². The molecule has 5 aliphatic carbocycles. The third kappa shape index (κ3) is 7.15. The quantitative estimate of drug-likeness (QED) is 0.171. The average molecular weight is 662 g/mol. The van der Waals surface area contributed by atoms with Crippen LogP contribution in [0.4, 0.5) is 0 Å². The zero-order valence-electron chi connectivity index (χ0n) is 28.9. The summed E-state index contributed by atoms with van der Waals surface area (Å²) in [7, 11) is 6.20. The number of rotatable bonds is 14. The second kappa shape index (κ2) is 15.2. The summed E-state index contributed by atoms with van der Waals surface area (Å²) in [6, 6.07) is 6.64. The van der Waals surface area contributed by atoms with E-state index in [4.69, 9.17) is 23.7 Å². The highest BCUT2D eigenvalue weighted by molar-refractivity contribution is 5.83. The molecule has 48 heavy (non-hydrogen) atoms. The Hall–Kier alpha value is -3.75. The molecule has 0 unspecified atom stereocenters. The molecule has 1 amide bonds. The van der Waals surface area contributed by atoms with Gasteiger partial charge in [-0.15, -0.1) is 0 Å². The van der Waals surface area contributed by atoms with Gasteiger partial charge in [0.2, 0.25) is 17.1 Å². The Morgan fingerprint density at radius 2 is 1.40 bits per heavy atom.